The first-order chi connectivity index (χ1) is 14.1. The van der Waals surface area contributed by atoms with Crippen LogP contribution in [0.5, 0.6) is 0 Å². The monoisotopic (exact) mass is 449 g/mol. The lowest BCUT2D eigenvalue weighted by atomic mass is 10.2. The van der Waals surface area contributed by atoms with Crippen LogP contribution in [0.15, 0.2) is 42.5 Å². The lowest BCUT2D eigenvalue weighted by Gasteiger charge is -2.22. The summed E-state index contributed by atoms with van der Waals surface area (Å²) in [4.78, 5) is 26.1. The molecule has 1 N–H and O–H groups in total. The quantitative estimate of drug-likeness (QED) is 0.704. The fourth-order valence-corrected chi connectivity index (χ4v) is 4.30. The fourth-order valence-electron chi connectivity index (χ4n) is 3.28. The largest absolute Gasteiger partial charge is 0.350 e. The molecule has 0 saturated carbocycles. The van der Waals surface area contributed by atoms with Crippen LogP contribution in [0.2, 0.25) is 5.02 Å². The molecule has 0 unspecified atom stereocenters. The van der Waals surface area contributed by atoms with Crippen LogP contribution in [0.3, 0.4) is 0 Å². The summed E-state index contributed by atoms with van der Waals surface area (Å²) in [5.74, 6) is -0.350. The van der Waals surface area contributed by atoms with Crippen molar-refractivity contribution in [2.45, 2.75) is 26.3 Å². The third-order valence-electron chi connectivity index (χ3n) is 4.92. The molecular formula is C21H24ClN3O4S. The van der Waals surface area contributed by atoms with E-state index in [-0.39, 0.29) is 19.0 Å². The summed E-state index contributed by atoms with van der Waals surface area (Å²) < 4.78 is 25.5. The second-order valence-electron chi connectivity index (χ2n) is 7.30. The van der Waals surface area contributed by atoms with E-state index in [1.165, 1.54) is 6.07 Å². The van der Waals surface area contributed by atoms with Gasteiger partial charge in [-0.25, -0.2) is 8.42 Å². The number of hydrogen-bond donors (Lipinski definition) is 1. The molecule has 1 heterocycles. The zero-order valence-electron chi connectivity index (χ0n) is 16.9. The van der Waals surface area contributed by atoms with Crippen molar-refractivity contribution in [2.24, 2.45) is 0 Å². The maximum atomic E-state index is 12.5. The third-order valence-corrected chi connectivity index (χ3v) is 6.46. The van der Waals surface area contributed by atoms with E-state index in [9.17, 15) is 18.0 Å². The number of carbonyl (C=O) groups excluding carboxylic acids is 2. The number of anilines is 2. The molecule has 160 valence electrons. The maximum absolute atomic E-state index is 12.5. The summed E-state index contributed by atoms with van der Waals surface area (Å²) in [6.45, 7) is 2.37. The summed E-state index contributed by atoms with van der Waals surface area (Å²) in [5, 5.41) is 3.17. The number of nitrogens with zero attached hydrogens (tertiary/aromatic N) is 2. The van der Waals surface area contributed by atoms with Gasteiger partial charge in [-0.2, -0.15) is 0 Å². The molecule has 30 heavy (non-hydrogen) atoms. The molecule has 1 saturated heterocycles. The minimum atomic E-state index is -3.68. The SMILES string of the molecule is Cc1ccc(N(CC(=O)NCc2cccc(N3CCCC3=O)c2)S(C)(=O)=O)cc1Cl. The highest BCUT2D eigenvalue weighted by Gasteiger charge is 2.23. The molecular weight excluding hydrogens is 426 g/mol. The number of benzene rings is 2. The molecule has 7 nitrogen and oxygen atoms in total. The zero-order chi connectivity index (χ0) is 21.9. The van der Waals surface area contributed by atoms with Crippen molar-refractivity contribution >= 4 is 44.8 Å². The van der Waals surface area contributed by atoms with Crippen molar-refractivity contribution in [3.63, 3.8) is 0 Å². The molecule has 0 bridgehead atoms. The number of halogens is 1. The zero-order valence-corrected chi connectivity index (χ0v) is 18.5. The number of carbonyl (C=O) groups is 2. The van der Waals surface area contributed by atoms with Gasteiger partial charge in [-0.05, 0) is 48.7 Å². The Hall–Kier alpha value is -2.58. The number of amides is 2. The highest BCUT2D eigenvalue weighted by Crippen LogP contribution is 2.25. The van der Waals surface area contributed by atoms with E-state index >= 15 is 0 Å². The number of nitrogens with one attached hydrogen (secondary N) is 1. The smallest absolute Gasteiger partial charge is 0.241 e. The molecule has 0 aromatic heterocycles. The molecule has 1 fully saturated rings. The number of sulfonamides is 1. The molecule has 2 amide bonds. The van der Waals surface area contributed by atoms with Gasteiger partial charge in [-0.1, -0.05) is 29.8 Å². The van der Waals surface area contributed by atoms with E-state index in [0.29, 0.717) is 23.7 Å². The van der Waals surface area contributed by atoms with E-state index in [1.807, 2.05) is 31.2 Å². The molecule has 0 atom stereocenters. The molecule has 0 aliphatic carbocycles. The summed E-state index contributed by atoms with van der Waals surface area (Å²) in [7, 11) is -3.68. The van der Waals surface area contributed by atoms with Crippen LogP contribution in [0.4, 0.5) is 11.4 Å². The molecule has 3 rings (SSSR count). The molecule has 1 aliphatic heterocycles. The predicted octanol–water partition coefficient (Wildman–Crippen LogP) is 2.86. The highest BCUT2D eigenvalue weighted by atomic mass is 35.5. The van der Waals surface area contributed by atoms with Gasteiger partial charge >= 0.3 is 0 Å². The van der Waals surface area contributed by atoms with Gasteiger partial charge in [-0.15, -0.1) is 0 Å². The van der Waals surface area contributed by atoms with E-state index in [4.69, 9.17) is 11.6 Å². The molecule has 2 aromatic rings. The fraction of sp³-hybridized carbons (Fsp3) is 0.333. The van der Waals surface area contributed by atoms with Crippen LogP contribution >= 0.6 is 11.6 Å². The standard InChI is InChI=1S/C21H24ClN3O4S/c1-15-8-9-18(12-19(15)22)25(30(2,28)29)14-20(26)23-13-16-5-3-6-17(11-16)24-10-4-7-21(24)27/h3,5-6,8-9,11-12H,4,7,10,13-14H2,1-2H3,(H,23,26). The van der Waals surface area contributed by atoms with Gasteiger partial charge in [0.15, 0.2) is 0 Å². The van der Waals surface area contributed by atoms with E-state index in [2.05, 4.69) is 5.32 Å². The van der Waals surface area contributed by atoms with Crippen LogP contribution in [0.25, 0.3) is 0 Å². The first-order valence-electron chi connectivity index (χ1n) is 9.55. The summed E-state index contributed by atoms with van der Waals surface area (Å²) in [6.07, 6.45) is 2.43. The number of aryl methyl sites for hydroxylation is 1. The summed E-state index contributed by atoms with van der Waals surface area (Å²) in [6, 6.07) is 12.3. The lowest BCUT2D eigenvalue weighted by molar-refractivity contribution is -0.120. The lowest BCUT2D eigenvalue weighted by Crippen LogP contribution is -2.40. The molecule has 0 spiro atoms. The second kappa shape index (κ2) is 9.06. The van der Waals surface area contributed by atoms with Gasteiger partial charge in [0.2, 0.25) is 21.8 Å². The summed E-state index contributed by atoms with van der Waals surface area (Å²) >= 11 is 6.11. The Labute approximate surface area is 181 Å². The van der Waals surface area contributed by atoms with Crippen molar-refractivity contribution in [2.75, 3.05) is 28.6 Å². The Bertz CT molecular complexity index is 1070. The van der Waals surface area contributed by atoms with Gasteiger partial charge < -0.3 is 10.2 Å². The van der Waals surface area contributed by atoms with Crippen LogP contribution < -0.4 is 14.5 Å². The van der Waals surface area contributed by atoms with E-state index in [1.54, 1.807) is 17.0 Å². The van der Waals surface area contributed by atoms with Crippen LogP contribution in [-0.2, 0) is 26.2 Å². The van der Waals surface area contributed by atoms with Crippen molar-refractivity contribution in [3.8, 4) is 0 Å². The first-order valence-corrected chi connectivity index (χ1v) is 11.8. The predicted molar refractivity (Wildman–Crippen MR) is 118 cm³/mol. The van der Waals surface area contributed by atoms with Crippen LogP contribution in [-0.4, -0.2) is 39.6 Å². The van der Waals surface area contributed by atoms with Gasteiger partial charge in [0.1, 0.15) is 6.54 Å². The van der Waals surface area contributed by atoms with Crippen molar-refractivity contribution in [3.05, 3.63) is 58.6 Å². The average molecular weight is 450 g/mol. The summed E-state index contributed by atoms with van der Waals surface area (Å²) in [5.41, 5.74) is 2.77. The Balaban J connectivity index is 1.68. The Kier molecular flexibility index (Phi) is 6.67. The number of rotatable bonds is 7. The van der Waals surface area contributed by atoms with Gasteiger partial charge in [-0.3, -0.25) is 13.9 Å². The van der Waals surface area contributed by atoms with Crippen LogP contribution in [0, 0.1) is 6.92 Å². The molecule has 2 aromatic carbocycles. The maximum Gasteiger partial charge on any atom is 0.241 e. The van der Waals surface area contributed by atoms with Crippen LogP contribution in [0.1, 0.15) is 24.0 Å². The van der Waals surface area contributed by atoms with Gasteiger partial charge in [0, 0.05) is 30.2 Å². The minimum absolute atomic E-state index is 0.0942. The van der Waals surface area contributed by atoms with Gasteiger partial charge in [0.25, 0.3) is 0 Å². The Morgan fingerprint density at radius 1 is 1.23 bits per heavy atom. The number of hydrogen-bond acceptors (Lipinski definition) is 4. The Morgan fingerprint density at radius 3 is 2.63 bits per heavy atom. The van der Waals surface area contributed by atoms with Crippen molar-refractivity contribution in [1.82, 2.24) is 5.32 Å². The second-order valence-corrected chi connectivity index (χ2v) is 9.61. The van der Waals surface area contributed by atoms with Crippen molar-refractivity contribution in [1.29, 1.82) is 0 Å². The van der Waals surface area contributed by atoms with Crippen molar-refractivity contribution < 1.29 is 18.0 Å². The molecule has 0 radical (unpaired) electrons. The third kappa shape index (κ3) is 5.31. The van der Waals surface area contributed by atoms with E-state index in [0.717, 1.165) is 33.8 Å². The topological polar surface area (TPSA) is 86.8 Å². The minimum Gasteiger partial charge on any atom is -0.350 e. The molecule has 1 aliphatic rings. The molecule has 9 heteroatoms. The van der Waals surface area contributed by atoms with Gasteiger partial charge in [0.05, 0.1) is 11.9 Å². The average Bonchev–Trinajstić information content (AvgIpc) is 3.12. The Morgan fingerprint density at radius 2 is 2.00 bits per heavy atom. The normalized spacial score (nSPS) is 14.1. The first kappa shape index (κ1) is 22.1. The van der Waals surface area contributed by atoms with E-state index < -0.39 is 15.9 Å². The highest BCUT2D eigenvalue weighted by molar-refractivity contribution is 7.92.